The van der Waals surface area contributed by atoms with E-state index in [-0.39, 0.29) is 11.0 Å². The molecule has 0 atom stereocenters. The maximum Gasteiger partial charge on any atom is 0.291 e. The Balaban J connectivity index is 1.74. The molecule has 3 heterocycles. The van der Waals surface area contributed by atoms with Crippen molar-refractivity contribution in [1.29, 1.82) is 0 Å². The van der Waals surface area contributed by atoms with Crippen molar-refractivity contribution in [3.63, 3.8) is 0 Å². The molecule has 1 aromatic carbocycles. The van der Waals surface area contributed by atoms with E-state index in [2.05, 4.69) is 43.0 Å². The molecule has 3 aromatic heterocycles. The SMILES string of the molecule is CC(C)(C)c1ccc(C=c2sc3nc(-c4cccs4)nn3c2=O)cc1. The Hall–Kier alpha value is -2.31. The van der Waals surface area contributed by atoms with Gasteiger partial charge < -0.3 is 0 Å². The molecule has 0 aliphatic carbocycles. The van der Waals surface area contributed by atoms with Crippen molar-refractivity contribution < 1.29 is 0 Å². The highest BCUT2D eigenvalue weighted by atomic mass is 32.1. The Morgan fingerprint density at radius 2 is 1.88 bits per heavy atom. The molecule has 0 spiro atoms. The number of aromatic nitrogens is 3. The minimum absolute atomic E-state index is 0.116. The molecule has 25 heavy (non-hydrogen) atoms. The first-order valence-corrected chi connectivity index (χ1v) is 9.67. The normalized spacial score (nSPS) is 13.0. The first kappa shape index (κ1) is 16.2. The molecule has 0 unspecified atom stereocenters. The molecular formula is C19H17N3OS2. The van der Waals surface area contributed by atoms with Crippen LogP contribution in [0.3, 0.4) is 0 Å². The van der Waals surface area contributed by atoms with Crippen molar-refractivity contribution in [2.45, 2.75) is 26.2 Å². The lowest BCUT2D eigenvalue weighted by molar-refractivity contribution is 0.590. The number of nitrogens with zero attached hydrogens (tertiary/aromatic N) is 3. The molecule has 4 nitrogen and oxygen atoms in total. The van der Waals surface area contributed by atoms with Gasteiger partial charge in [-0.2, -0.15) is 9.50 Å². The van der Waals surface area contributed by atoms with Crippen LogP contribution < -0.4 is 10.1 Å². The molecule has 0 bridgehead atoms. The van der Waals surface area contributed by atoms with E-state index in [9.17, 15) is 4.79 Å². The van der Waals surface area contributed by atoms with Gasteiger partial charge >= 0.3 is 0 Å². The molecule has 0 saturated heterocycles. The van der Waals surface area contributed by atoms with Crippen LogP contribution in [-0.4, -0.2) is 14.6 Å². The summed E-state index contributed by atoms with van der Waals surface area (Å²) in [6, 6.07) is 12.2. The lowest BCUT2D eigenvalue weighted by Crippen LogP contribution is -2.23. The quantitative estimate of drug-likeness (QED) is 0.542. The Morgan fingerprint density at radius 1 is 1.12 bits per heavy atom. The second-order valence-electron chi connectivity index (χ2n) is 6.89. The van der Waals surface area contributed by atoms with Gasteiger partial charge in [0.1, 0.15) is 0 Å². The summed E-state index contributed by atoms with van der Waals surface area (Å²) in [6.45, 7) is 6.56. The summed E-state index contributed by atoms with van der Waals surface area (Å²) in [7, 11) is 0. The summed E-state index contributed by atoms with van der Waals surface area (Å²) < 4.78 is 2.05. The van der Waals surface area contributed by atoms with Crippen LogP contribution in [0.4, 0.5) is 0 Å². The van der Waals surface area contributed by atoms with Gasteiger partial charge in [-0.05, 0) is 34.1 Å². The summed E-state index contributed by atoms with van der Waals surface area (Å²) in [4.78, 5) is 18.7. The van der Waals surface area contributed by atoms with Gasteiger partial charge in [0.15, 0.2) is 5.82 Å². The van der Waals surface area contributed by atoms with Gasteiger partial charge in [0.25, 0.3) is 5.56 Å². The van der Waals surface area contributed by atoms with Crippen molar-refractivity contribution in [1.82, 2.24) is 14.6 Å². The lowest BCUT2D eigenvalue weighted by Gasteiger charge is -2.18. The smallest absolute Gasteiger partial charge is 0.266 e. The van der Waals surface area contributed by atoms with Crippen molar-refractivity contribution >= 4 is 33.7 Å². The van der Waals surface area contributed by atoms with E-state index in [0.717, 1.165) is 10.4 Å². The summed E-state index contributed by atoms with van der Waals surface area (Å²) in [5.74, 6) is 0.611. The van der Waals surface area contributed by atoms with E-state index in [0.29, 0.717) is 15.3 Å². The van der Waals surface area contributed by atoms with Crippen LogP contribution in [0.2, 0.25) is 0 Å². The van der Waals surface area contributed by atoms with E-state index in [4.69, 9.17) is 0 Å². The van der Waals surface area contributed by atoms with Gasteiger partial charge in [-0.1, -0.05) is 62.4 Å². The molecule has 4 aromatic rings. The minimum atomic E-state index is -0.116. The van der Waals surface area contributed by atoms with Gasteiger partial charge in [-0.15, -0.1) is 16.4 Å². The van der Waals surface area contributed by atoms with E-state index in [1.54, 1.807) is 11.3 Å². The zero-order chi connectivity index (χ0) is 17.6. The summed E-state index contributed by atoms with van der Waals surface area (Å²) in [5.41, 5.74) is 2.28. The minimum Gasteiger partial charge on any atom is -0.266 e. The fourth-order valence-corrected chi connectivity index (χ4v) is 4.14. The van der Waals surface area contributed by atoms with E-state index >= 15 is 0 Å². The average Bonchev–Trinajstić information content (AvgIpc) is 3.26. The standard InChI is InChI=1S/C19H17N3OS2/c1-19(2,3)13-8-6-12(7-9-13)11-15-17(23)22-18(25-15)20-16(21-22)14-5-4-10-24-14/h4-11H,1-3H3. The van der Waals surface area contributed by atoms with E-state index in [1.807, 2.05) is 35.7 Å². The number of thiazole rings is 1. The third kappa shape index (κ3) is 3.03. The van der Waals surface area contributed by atoms with Crippen LogP contribution in [0.15, 0.2) is 46.6 Å². The monoisotopic (exact) mass is 367 g/mol. The van der Waals surface area contributed by atoms with Crippen molar-refractivity contribution in [3.8, 4) is 10.7 Å². The van der Waals surface area contributed by atoms with Crippen molar-refractivity contribution in [2.24, 2.45) is 0 Å². The zero-order valence-electron chi connectivity index (χ0n) is 14.2. The summed E-state index contributed by atoms with van der Waals surface area (Å²) in [6.07, 6.45) is 1.90. The topological polar surface area (TPSA) is 47.3 Å². The molecule has 4 rings (SSSR count). The van der Waals surface area contributed by atoms with Crippen LogP contribution in [0.1, 0.15) is 31.9 Å². The molecule has 6 heteroatoms. The number of rotatable bonds is 2. The maximum atomic E-state index is 12.6. The van der Waals surface area contributed by atoms with E-state index < -0.39 is 0 Å². The highest BCUT2D eigenvalue weighted by molar-refractivity contribution is 7.15. The fraction of sp³-hybridized carbons (Fsp3) is 0.211. The Kier molecular flexibility index (Phi) is 3.81. The summed E-state index contributed by atoms with van der Waals surface area (Å²) in [5, 5.41) is 6.33. The lowest BCUT2D eigenvalue weighted by atomic mass is 9.87. The third-order valence-corrected chi connectivity index (χ3v) is 5.82. The van der Waals surface area contributed by atoms with Crippen LogP contribution >= 0.6 is 22.7 Å². The maximum absolute atomic E-state index is 12.6. The largest absolute Gasteiger partial charge is 0.291 e. The number of benzene rings is 1. The molecule has 0 fully saturated rings. The van der Waals surface area contributed by atoms with Gasteiger partial charge in [-0.3, -0.25) is 4.79 Å². The zero-order valence-corrected chi connectivity index (χ0v) is 15.8. The molecule has 126 valence electrons. The van der Waals surface area contributed by atoms with Crippen LogP contribution in [0, 0.1) is 0 Å². The van der Waals surface area contributed by atoms with Gasteiger partial charge in [0.05, 0.1) is 9.41 Å². The van der Waals surface area contributed by atoms with Crippen LogP contribution in [0.5, 0.6) is 0 Å². The molecule has 0 aliphatic heterocycles. The highest BCUT2D eigenvalue weighted by Gasteiger charge is 2.14. The predicted octanol–water partition coefficient (Wildman–Crippen LogP) is 3.72. The van der Waals surface area contributed by atoms with Gasteiger partial charge in [-0.25, -0.2) is 0 Å². The number of hydrogen-bond donors (Lipinski definition) is 0. The predicted molar refractivity (Wildman–Crippen MR) is 104 cm³/mol. The second-order valence-corrected chi connectivity index (χ2v) is 8.85. The highest BCUT2D eigenvalue weighted by Crippen LogP contribution is 2.23. The molecule has 0 saturated carbocycles. The molecule has 0 radical (unpaired) electrons. The number of thiophene rings is 1. The Bertz CT molecular complexity index is 1130. The molecular weight excluding hydrogens is 350 g/mol. The Labute approximate surface area is 153 Å². The van der Waals surface area contributed by atoms with Gasteiger partial charge in [0, 0.05) is 0 Å². The van der Waals surface area contributed by atoms with E-state index in [1.165, 1.54) is 21.4 Å². The molecule has 0 aliphatic rings. The van der Waals surface area contributed by atoms with Crippen LogP contribution in [-0.2, 0) is 5.41 Å². The fourth-order valence-electron chi connectivity index (χ4n) is 2.57. The summed E-state index contributed by atoms with van der Waals surface area (Å²) >= 11 is 2.94. The van der Waals surface area contributed by atoms with Crippen LogP contribution in [0.25, 0.3) is 21.7 Å². The number of hydrogen-bond acceptors (Lipinski definition) is 5. The Morgan fingerprint density at radius 3 is 2.48 bits per heavy atom. The average molecular weight is 367 g/mol. The number of fused-ring (bicyclic) bond motifs is 1. The third-order valence-electron chi connectivity index (χ3n) is 4.00. The molecule has 0 N–H and O–H groups in total. The van der Waals surface area contributed by atoms with Crippen molar-refractivity contribution in [3.05, 3.63) is 67.8 Å². The van der Waals surface area contributed by atoms with Crippen molar-refractivity contribution in [2.75, 3.05) is 0 Å². The first-order chi connectivity index (χ1) is 11.9. The first-order valence-electron chi connectivity index (χ1n) is 7.97. The van der Waals surface area contributed by atoms with Gasteiger partial charge in [0.2, 0.25) is 4.96 Å². The molecule has 0 amide bonds. The second kappa shape index (κ2) is 5.89.